The minimum atomic E-state index is -3.44. The molecule has 1 aliphatic carbocycles. The normalized spacial score (nSPS) is 20.4. The van der Waals surface area contributed by atoms with Crippen LogP contribution in [0.5, 0.6) is 0 Å². The van der Waals surface area contributed by atoms with Crippen molar-refractivity contribution in [1.82, 2.24) is 10.6 Å². The third kappa shape index (κ3) is 9.98. The van der Waals surface area contributed by atoms with Crippen molar-refractivity contribution in [1.29, 1.82) is 0 Å². The Hall–Kier alpha value is -0.990. The number of nitrogens with one attached hydrogen (secondary N) is 2. The molecule has 4 atom stereocenters. The van der Waals surface area contributed by atoms with E-state index in [1.165, 1.54) is 13.3 Å². The van der Waals surface area contributed by atoms with E-state index in [4.69, 9.17) is 5.73 Å². The standard InChI is InChI=1S/C18H36N3O5P.H2O/c1-12(2)16(19)18(24)21-13(3)17(23)20-9-15(22)11-27(25,26)10-14-7-5-4-6-8-14;/h12-16,22H,4-11,19H2,1-3H3,(H,20,23)(H,21,24)(H,25,26);1H2/t13-,15+,16-;/m0./s1. The number of nitrogens with two attached hydrogens (primary N) is 1. The first-order valence-corrected chi connectivity index (χ1v) is 11.9. The lowest BCUT2D eigenvalue weighted by molar-refractivity contribution is -0.129. The molecule has 1 saturated carbocycles. The zero-order valence-electron chi connectivity index (χ0n) is 17.2. The van der Waals surface area contributed by atoms with Gasteiger partial charge in [0.05, 0.1) is 18.3 Å². The fourth-order valence-electron chi connectivity index (χ4n) is 3.29. The molecule has 0 aliphatic heterocycles. The molecule has 2 amide bonds. The van der Waals surface area contributed by atoms with Gasteiger partial charge in [-0.15, -0.1) is 0 Å². The molecule has 0 bridgehead atoms. The minimum absolute atomic E-state index is 0. The summed E-state index contributed by atoms with van der Waals surface area (Å²) in [6.45, 7) is 5.01. The highest BCUT2D eigenvalue weighted by molar-refractivity contribution is 7.58. The Morgan fingerprint density at radius 3 is 2.25 bits per heavy atom. The van der Waals surface area contributed by atoms with Crippen LogP contribution in [-0.2, 0) is 14.2 Å². The molecule has 0 radical (unpaired) electrons. The number of carbonyl (C=O) groups is 2. The molecule has 0 saturated heterocycles. The van der Waals surface area contributed by atoms with Gasteiger partial charge in [0.2, 0.25) is 19.2 Å². The molecule has 166 valence electrons. The van der Waals surface area contributed by atoms with Crippen molar-refractivity contribution in [2.75, 3.05) is 18.9 Å². The summed E-state index contributed by atoms with van der Waals surface area (Å²) in [7, 11) is -3.44. The molecule has 0 heterocycles. The number of amides is 2. The Balaban J connectivity index is 0.00000729. The van der Waals surface area contributed by atoms with Crippen molar-refractivity contribution < 1.29 is 29.6 Å². The van der Waals surface area contributed by atoms with Crippen molar-refractivity contribution in [3.63, 3.8) is 0 Å². The van der Waals surface area contributed by atoms with E-state index in [9.17, 15) is 24.2 Å². The van der Waals surface area contributed by atoms with Crippen LogP contribution in [0.2, 0.25) is 0 Å². The first-order chi connectivity index (χ1) is 12.5. The summed E-state index contributed by atoms with van der Waals surface area (Å²) in [5.41, 5.74) is 5.73. The van der Waals surface area contributed by atoms with Crippen molar-refractivity contribution in [2.45, 2.75) is 71.1 Å². The second-order valence-electron chi connectivity index (χ2n) is 8.11. The number of aliphatic hydroxyl groups excluding tert-OH is 1. The maximum Gasteiger partial charge on any atom is 0.242 e. The summed E-state index contributed by atoms with van der Waals surface area (Å²) >= 11 is 0. The SMILES string of the molecule is CC(C)[C@H](N)C(=O)N[C@@H](C)C(=O)NC[C@@H](O)CP(=O)(O)CC1CCCCC1.O. The van der Waals surface area contributed by atoms with Gasteiger partial charge >= 0.3 is 0 Å². The molecule has 0 spiro atoms. The summed E-state index contributed by atoms with van der Waals surface area (Å²) < 4.78 is 12.4. The highest BCUT2D eigenvalue weighted by atomic mass is 31.2. The summed E-state index contributed by atoms with van der Waals surface area (Å²) in [5, 5.41) is 15.1. The van der Waals surface area contributed by atoms with E-state index >= 15 is 0 Å². The van der Waals surface area contributed by atoms with Crippen molar-refractivity contribution in [2.24, 2.45) is 17.6 Å². The number of aliphatic hydroxyl groups is 1. The second-order valence-corrected chi connectivity index (χ2v) is 10.5. The van der Waals surface area contributed by atoms with E-state index in [2.05, 4.69) is 10.6 Å². The second kappa shape index (κ2) is 12.5. The molecule has 0 aromatic heterocycles. The highest BCUT2D eigenvalue weighted by Gasteiger charge is 2.29. The maximum absolute atomic E-state index is 12.4. The Kier molecular flexibility index (Phi) is 12.1. The average Bonchev–Trinajstić information content (AvgIpc) is 2.58. The van der Waals surface area contributed by atoms with Crippen LogP contribution < -0.4 is 16.4 Å². The number of carbonyl (C=O) groups excluding carboxylic acids is 2. The maximum atomic E-state index is 12.4. The van der Waals surface area contributed by atoms with Crippen molar-refractivity contribution in [3.05, 3.63) is 0 Å². The van der Waals surface area contributed by atoms with Gasteiger partial charge < -0.3 is 31.8 Å². The van der Waals surface area contributed by atoms with Gasteiger partial charge in [-0.05, 0) is 31.6 Å². The van der Waals surface area contributed by atoms with Crippen LogP contribution >= 0.6 is 7.37 Å². The molecule has 9 nitrogen and oxygen atoms in total. The van der Waals surface area contributed by atoms with E-state index in [1.54, 1.807) is 0 Å². The molecule has 1 fully saturated rings. The lowest BCUT2D eigenvalue weighted by atomic mass is 9.91. The minimum Gasteiger partial charge on any atom is -0.412 e. The Bertz CT molecular complexity index is 539. The number of hydrogen-bond acceptors (Lipinski definition) is 5. The predicted octanol–water partition coefficient (Wildman–Crippen LogP) is -0.0225. The molecule has 10 heteroatoms. The van der Waals surface area contributed by atoms with E-state index in [0.717, 1.165) is 25.7 Å². The van der Waals surface area contributed by atoms with Crippen LogP contribution in [-0.4, -0.2) is 64.3 Å². The Morgan fingerprint density at radius 2 is 1.71 bits per heavy atom. The van der Waals surface area contributed by atoms with E-state index in [-0.39, 0.29) is 36.2 Å². The first-order valence-electron chi connectivity index (χ1n) is 9.84. The lowest BCUT2D eigenvalue weighted by Gasteiger charge is -2.25. The monoisotopic (exact) mass is 423 g/mol. The van der Waals surface area contributed by atoms with Crippen LogP contribution in [0.4, 0.5) is 0 Å². The van der Waals surface area contributed by atoms with Crippen molar-refractivity contribution >= 4 is 19.2 Å². The van der Waals surface area contributed by atoms with Gasteiger partial charge in [-0.1, -0.05) is 33.1 Å². The molecular weight excluding hydrogens is 385 g/mol. The molecule has 0 aromatic rings. The van der Waals surface area contributed by atoms with Gasteiger partial charge in [0.25, 0.3) is 0 Å². The van der Waals surface area contributed by atoms with Crippen LogP contribution in [0, 0.1) is 11.8 Å². The van der Waals surface area contributed by atoms with Crippen LogP contribution in [0.3, 0.4) is 0 Å². The molecular formula is C18H38N3O6P. The lowest BCUT2D eigenvalue weighted by Crippen LogP contribution is -2.52. The summed E-state index contributed by atoms with van der Waals surface area (Å²) in [5.74, 6) is -0.694. The van der Waals surface area contributed by atoms with E-state index < -0.39 is 37.4 Å². The quantitative estimate of drug-likeness (QED) is 0.309. The zero-order valence-corrected chi connectivity index (χ0v) is 18.1. The summed E-state index contributed by atoms with van der Waals surface area (Å²) in [6, 6.07) is -1.51. The van der Waals surface area contributed by atoms with Gasteiger partial charge in [-0.3, -0.25) is 14.2 Å². The van der Waals surface area contributed by atoms with Gasteiger partial charge in [0, 0.05) is 12.7 Å². The largest absolute Gasteiger partial charge is 0.412 e. The topological polar surface area (TPSA) is 173 Å². The van der Waals surface area contributed by atoms with Crippen LogP contribution in [0.25, 0.3) is 0 Å². The van der Waals surface area contributed by atoms with Gasteiger partial charge in [0.1, 0.15) is 6.04 Å². The average molecular weight is 423 g/mol. The van der Waals surface area contributed by atoms with Crippen LogP contribution in [0.15, 0.2) is 0 Å². The number of rotatable bonds is 10. The zero-order chi connectivity index (χ0) is 20.6. The van der Waals surface area contributed by atoms with E-state index in [0.29, 0.717) is 0 Å². The Labute approximate surface area is 167 Å². The summed E-state index contributed by atoms with van der Waals surface area (Å²) in [4.78, 5) is 34.1. The van der Waals surface area contributed by atoms with Gasteiger partial charge in [-0.25, -0.2) is 0 Å². The number of hydrogen-bond donors (Lipinski definition) is 5. The predicted molar refractivity (Wildman–Crippen MR) is 109 cm³/mol. The smallest absolute Gasteiger partial charge is 0.242 e. The summed E-state index contributed by atoms with van der Waals surface area (Å²) in [6.07, 6.45) is 4.19. The third-order valence-corrected chi connectivity index (χ3v) is 7.13. The molecule has 28 heavy (non-hydrogen) atoms. The Morgan fingerprint density at radius 1 is 1.14 bits per heavy atom. The van der Waals surface area contributed by atoms with Gasteiger partial charge in [0.15, 0.2) is 0 Å². The van der Waals surface area contributed by atoms with E-state index in [1.807, 2.05) is 13.8 Å². The fourth-order valence-corrected chi connectivity index (χ4v) is 5.40. The molecule has 8 N–H and O–H groups in total. The van der Waals surface area contributed by atoms with Gasteiger partial charge in [-0.2, -0.15) is 0 Å². The molecule has 1 unspecified atom stereocenters. The molecule has 1 rings (SSSR count). The highest BCUT2D eigenvalue weighted by Crippen LogP contribution is 2.45. The molecule has 1 aliphatic rings. The van der Waals surface area contributed by atoms with Crippen molar-refractivity contribution in [3.8, 4) is 0 Å². The van der Waals surface area contributed by atoms with Crippen LogP contribution in [0.1, 0.15) is 52.9 Å². The fraction of sp³-hybridized carbons (Fsp3) is 0.889. The third-order valence-electron chi connectivity index (χ3n) is 5.05. The molecule has 0 aromatic carbocycles. The first kappa shape index (κ1) is 27.0.